The van der Waals surface area contributed by atoms with Gasteiger partial charge in [-0.3, -0.25) is 9.59 Å². The maximum Gasteiger partial charge on any atom is 2.00 e. The summed E-state index contributed by atoms with van der Waals surface area (Å²) in [5.74, 6) is -5.33. The minimum Gasteiger partial charge on any atom is -1.00 e. The second-order valence-corrected chi connectivity index (χ2v) is 2.52. The molecule has 0 fully saturated rings. The molecule has 0 saturated carbocycles. The third-order valence-electron chi connectivity index (χ3n) is 1.41. The molecule has 0 saturated heterocycles. The first-order valence-electron chi connectivity index (χ1n) is 3.31. The van der Waals surface area contributed by atoms with Crippen molar-refractivity contribution in [2.75, 3.05) is 0 Å². The summed E-state index contributed by atoms with van der Waals surface area (Å²) >= 11 is 0. The average molecular weight is 277 g/mol. The van der Waals surface area contributed by atoms with Crippen molar-refractivity contribution in [1.29, 1.82) is 0 Å². The van der Waals surface area contributed by atoms with E-state index < -0.39 is 36.4 Å². The maximum atomic E-state index is 11.9. The van der Waals surface area contributed by atoms with E-state index in [1.165, 1.54) is 0 Å². The Morgan fingerprint density at radius 1 is 1.12 bits per heavy atom. The van der Waals surface area contributed by atoms with Crippen LogP contribution < -0.4 is 51.4 Å². The number of aliphatic carboxylic acids is 3. The van der Waals surface area contributed by atoms with Gasteiger partial charge in [0.25, 0.3) is 0 Å². The molecule has 0 spiro atoms. The van der Waals surface area contributed by atoms with Gasteiger partial charge in [0.1, 0.15) is 0 Å². The minimum atomic E-state index is -2.86. The number of carboxylic acids is 3. The fraction of sp³-hybridized carbons (Fsp3) is 0.500. The van der Waals surface area contributed by atoms with Crippen LogP contribution in [0.4, 0.5) is 4.53 Å². The number of rotatable bonds is 6. The Morgan fingerprint density at radius 2 is 1.44 bits per heavy atom. The fourth-order valence-electron chi connectivity index (χ4n) is 0.790. The molecule has 0 atom stereocenters. The molecule has 0 aromatic carbocycles. The monoisotopic (exact) mass is 276 g/mol. The van der Waals surface area contributed by atoms with Gasteiger partial charge in [0.05, 0.1) is 12.8 Å². The summed E-state index contributed by atoms with van der Waals surface area (Å²) in [5, 5.41) is 24.9. The first-order chi connectivity index (χ1) is 6.34. The minimum absolute atomic E-state index is 0. The van der Waals surface area contributed by atoms with Gasteiger partial charge >= 0.3 is 92.3 Å². The summed E-state index contributed by atoms with van der Waals surface area (Å²) in [6, 6.07) is 0. The smallest absolute Gasteiger partial charge is 1.00 e. The predicted octanol–water partition coefficient (Wildman–Crippen LogP) is -3.38. The first kappa shape index (κ1) is 21.9. The van der Waals surface area contributed by atoms with Crippen molar-refractivity contribution in [1.82, 2.24) is 0 Å². The zero-order chi connectivity index (χ0) is 11.4. The van der Waals surface area contributed by atoms with Crippen molar-refractivity contribution < 1.29 is 94.8 Å². The Balaban J connectivity index is -0.0000000845. The molecule has 0 rings (SSSR count). The van der Waals surface area contributed by atoms with E-state index in [1.807, 2.05) is 0 Å². The topological polar surface area (TPSA) is 121 Å². The van der Waals surface area contributed by atoms with Crippen molar-refractivity contribution in [2.45, 2.75) is 18.4 Å². The number of halogens is 1. The van der Waals surface area contributed by atoms with Crippen LogP contribution in [0, 0.1) is 0 Å². The SMILES string of the molecule is O=C(O)CC(CC(=O)O)(OF)C(=O)O.[H-].[H-].[H-].[K+].[Mg+2]. The number of hydrogen-bond acceptors (Lipinski definition) is 4. The van der Waals surface area contributed by atoms with Gasteiger partial charge in [-0.25, -0.2) is 4.79 Å². The van der Waals surface area contributed by atoms with E-state index >= 15 is 0 Å². The molecule has 16 heavy (non-hydrogen) atoms. The zero-order valence-corrected chi connectivity index (χ0v) is 13.0. The van der Waals surface area contributed by atoms with Crippen LogP contribution in [0.5, 0.6) is 0 Å². The molecule has 0 radical (unpaired) electrons. The Bertz CT molecular complexity index is 268. The molecular formula is C6H10FKMgO7. The van der Waals surface area contributed by atoms with Crippen LogP contribution in [-0.2, 0) is 19.3 Å². The van der Waals surface area contributed by atoms with Gasteiger partial charge in [0.15, 0.2) is 0 Å². The molecular weight excluding hydrogens is 266 g/mol. The number of carbonyl (C=O) groups is 3. The number of carboxylic acid groups (broad SMARTS) is 3. The summed E-state index contributed by atoms with van der Waals surface area (Å²) < 4.78 is 11.9. The van der Waals surface area contributed by atoms with Gasteiger partial charge in [0.2, 0.25) is 5.60 Å². The Hall–Kier alpha value is 0.703. The summed E-state index contributed by atoms with van der Waals surface area (Å²) in [5.41, 5.74) is -2.86. The fourth-order valence-corrected chi connectivity index (χ4v) is 0.790. The molecule has 0 aromatic heterocycles. The van der Waals surface area contributed by atoms with Crippen molar-refractivity contribution in [3.05, 3.63) is 0 Å². The molecule has 0 aliphatic rings. The Morgan fingerprint density at radius 3 is 1.56 bits per heavy atom. The molecule has 0 bridgehead atoms. The van der Waals surface area contributed by atoms with E-state index in [9.17, 15) is 18.9 Å². The maximum absolute atomic E-state index is 11.9. The van der Waals surface area contributed by atoms with Gasteiger partial charge < -0.3 is 19.6 Å². The van der Waals surface area contributed by atoms with E-state index in [0.717, 1.165) is 0 Å². The average Bonchev–Trinajstić information content (AvgIpc) is 2.00. The standard InChI is InChI=1S/C6H7FO7.K.Mg.3H/c7-14-6(5(12)13,1-3(8)9)2-4(10)11;;;;;/h1-2H2,(H,8,9)(H,10,11)(H,12,13);;;;;/q;+1;+2;3*-1. The van der Waals surface area contributed by atoms with Gasteiger partial charge in [-0.1, -0.05) is 0 Å². The van der Waals surface area contributed by atoms with Crippen LogP contribution in [0.25, 0.3) is 0 Å². The van der Waals surface area contributed by atoms with Crippen LogP contribution >= 0.6 is 0 Å². The second-order valence-electron chi connectivity index (χ2n) is 2.52. The van der Waals surface area contributed by atoms with E-state index in [0.29, 0.717) is 0 Å². The molecule has 7 nitrogen and oxygen atoms in total. The van der Waals surface area contributed by atoms with E-state index in [4.69, 9.17) is 15.3 Å². The summed E-state index contributed by atoms with van der Waals surface area (Å²) in [6.45, 7) is 0. The molecule has 0 amide bonds. The van der Waals surface area contributed by atoms with Crippen molar-refractivity contribution in [3.63, 3.8) is 0 Å². The zero-order valence-electron chi connectivity index (χ0n) is 11.5. The molecule has 10 heteroatoms. The van der Waals surface area contributed by atoms with Crippen LogP contribution in [-0.4, -0.2) is 61.9 Å². The molecule has 0 aliphatic carbocycles. The Labute approximate surface area is 152 Å². The van der Waals surface area contributed by atoms with Crippen molar-refractivity contribution in [3.8, 4) is 0 Å². The largest absolute Gasteiger partial charge is 2.00 e. The third kappa shape index (κ3) is 7.11. The molecule has 0 unspecified atom stereocenters. The first-order valence-corrected chi connectivity index (χ1v) is 3.31. The quantitative estimate of drug-likeness (QED) is 0.433. The van der Waals surface area contributed by atoms with E-state index in [1.54, 1.807) is 0 Å². The van der Waals surface area contributed by atoms with Gasteiger partial charge in [-0.2, -0.15) is 4.94 Å². The molecule has 0 aromatic rings. The van der Waals surface area contributed by atoms with E-state index in [-0.39, 0.29) is 78.7 Å². The molecule has 0 heterocycles. The molecule has 3 N–H and O–H groups in total. The van der Waals surface area contributed by atoms with Crippen LogP contribution in [0.3, 0.4) is 0 Å². The normalized spacial score (nSPS) is 9.56. The van der Waals surface area contributed by atoms with E-state index in [2.05, 4.69) is 4.94 Å². The van der Waals surface area contributed by atoms with Gasteiger partial charge in [-0.05, 0) is 4.53 Å². The van der Waals surface area contributed by atoms with Crippen LogP contribution in [0.2, 0.25) is 0 Å². The van der Waals surface area contributed by atoms with Gasteiger partial charge in [0, 0.05) is 0 Å². The van der Waals surface area contributed by atoms with Crippen LogP contribution in [0.1, 0.15) is 17.1 Å². The van der Waals surface area contributed by atoms with Crippen molar-refractivity contribution >= 4 is 41.0 Å². The van der Waals surface area contributed by atoms with Crippen molar-refractivity contribution in [2.24, 2.45) is 0 Å². The predicted molar refractivity (Wildman–Crippen MR) is 46.2 cm³/mol. The summed E-state index contributed by atoms with van der Waals surface area (Å²) in [4.78, 5) is 33.7. The molecule has 86 valence electrons. The van der Waals surface area contributed by atoms with Gasteiger partial charge in [-0.15, -0.1) is 0 Å². The summed E-state index contributed by atoms with van der Waals surface area (Å²) in [7, 11) is 0. The summed E-state index contributed by atoms with van der Waals surface area (Å²) in [6.07, 6.45) is -2.55. The second kappa shape index (κ2) is 9.70. The molecule has 0 aliphatic heterocycles. The number of hydrogen-bond donors (Lipinski definition) is 3. The third-order valence-corrected chi connectivity index (χ3v) is 1.41. The Kier molecular flexibility index (Phi) is 13.3. The van der Waals surface area contributed by atoms with Crippen LogP contribution in [0.15, 0.2) is 0 Å².